The van der Waals surface area contributed by atoms with Crippen molar-refractivity contribution in [3.05, 3.63) is 65.2 Å². The molecule has 0 aromatic heterocycles. The molecule has 0 spiro atoms. The molecule has 2 aromatic rings. The Kier molecular flexibility index (Phi) is 5.17. The third kappa shape index (κ3) is 3.45. The molecule has 0 amide bonds. The van der Waals surface area contributed by atoms with Gasteiger partial charge in [0.15, 0.2) is 5.60 Å². The van der Waals surface area contributed by atoms with Crippen molar-refractivity contribution in [1.82, 2.24) is 0 Å². The number of benzene rings is 2. The molecule has 1 unspecified atom stereocenters. The molecular weight excluding hydrogens is 388 g/mol. The molecule has 27 heavy (non-hydrogen) atoms. The lowest BCUT2D eigenvalue weighted by Crippen LogP contribution is -2.56. The van der Waals surface area contributed by atoms with Crippen LogP contribution in [0.15, 0.2) is 48.5 Å². The molecule has 0 aliphatic heterocycles. The van der Waals surface area contributed by atoms with Crippen LogP contribution in [0, 0.1) is 0 Å². The number of aliphatic hydroxyl groups is 1. The van der Waals surface area contributed by atoms with Crippen LogP contribution in [0.25, 0.3) is 0 Å². The number of alkyl halides is 8. The smallest absolute Gasteiger partial charge is 0.457 e. The Morgan fingerprint density at radius 3 is 1.63 bits per heavy atom. The number of hydrogen-bond donors (Lipinski definition) is 1. The highest BCUT2D eigenvalue weighted by atomic mass is 19.4. The van der Waals surface area contributed by atoms with Gasteiger partial charge in [-0.1, -0.05) is 30.3 Å². The summed E-state index contributed by atoms with van der Waals surface area (Å²) in [5.74, 6) is -5.89. The van der Waals surface area contributed by atoms with Gasteiger partial charge in [0.05, 0.1) is 12.7 Å². The lowest BCUT2D eigenvalue weighted by molar-refractivity contribution is -0.337. The fourth-order valence-corrected chi connectivity index (χ4v) is 2.59. The van der Waals surface area contributed by atoms with Gasteiger partial charge in [0.2, 0.25) is 0 Å². The Morgan fingerprint density at radius 1 is 0.741 bits per heavy atom. The molecule has 0 aliphatic rings. The Bertz CT molecular complexity index is 796. The van der Waals surface area contributed by atoms with Gasteiger partial charge >= 0.3 is 18.3 Å². The maximum absolute atomic E-state index is 14.3. The first-order valence-corrected chi connectivity index (χ1v) is 7.25. The van der Waals surface area contributed by atoms with Gasteiger partial charge < -0.3 is 9.84 Å². The summed E-state index contributed by atoms with van der Waals surface area (Å²) < 4.78 is 112. The van der Waals surface area contributed by atoms with E-state index in [-0.39, 0.29) is 5.75 Å². The molecule has 0 saturated carbocycles. The lowest BCUT2D eigenvalue weighted by Gasteiger charge is -2.38. The molecule has 2 nitrogen and oxygen atoms in total. The molecule has 0 fully saturated rings. The summed E-state index contributed by atoms with van der Waals surface area (Å²) in [6, 6.07) is 5.52. The molecule has 2 rings (SSSR count). The highest BCUT2D eigenvalue weighted by Crippen LogP contribution is 2.54. The van der Waals surface area contributed by atoms with Crippen molar-refractivity contribution in [3.8, 4) is 5.75 Å². The minimum absolute atomic E-state index is 0.0422. The van der Waals surface area contributed by atoms with Crippen molar-refractivity contribution in [3.63, 3.8) is 0 Å². The largest absolute Gasteiger partial charge is 0.497 e. The fraction of sp³-hybridized carbons (Fsp3) is 0.294. The minimum Gasteiger partial charge on any atom is -0.497 e. The summed E-state index contributed by atoms with van der Waals surface area (Å²) >= 11 is 0. The van der Waals surface area contributed by atoms with E-state index in [4.69, 9.17) is 4.74 Å². The van der Waals surface area contributed by atoms with Crippen LogP contribution in [-0.4, -0.2) is 24.3 Å². The predicted octanol–water partition coefficient (Wildman–Crippen LogP) is 5.15. The average Bonchev–Trinajstić information content (AvgIpc) is 2.59. The van der Waals surface area contributed by atoms with Gasteiger partial charge in [0.1, 0.15) is 5.75 Å². The Balaban J connectivity index is 2.87. The van der Waals surface area contributed by atoms with Crippen LogP contribution < -0.4 is 4.74 Å². The molecular formula is C17H12F8O2. The summed E-state index contributed by atoms with van der Waals surface area (Å²) in [6.07, 6.45) is -11.6. The predicted molar refractivity (Wildman–Crippen MR) is 78.4 cm³/mol. The second-order valence-electron chi connectivity index (χ2n) is 5.55. The van der Waals surface area contributed by atoms with E-state index in [2.05, 4.69) is 0 Å². The summed E-state index contributed by atoms with van der Waals surface area (Å²) in [5.41, 5.74) is -8.84. The Labute approximate surface area is 148 Å². The average molecular weight is 400 g/mol. The van der Waals surface area contributed by atoms with Crippen molar-refractivity contribution >= 4 is 0 Å². The third-order valence-electron chi connectivity index (χ3n) is 3.94. The summed E-state index contributed by atoms with van der Waals surface area (Å²) in [7, 11) is 1.18. The summed E-state index contributed by atoms with van der Waals surface area (Å²) in [6.45, 7) is 0. The first-order chi connectivity index (χ1) is 12.3. The molecule has 2 aromatic carbocycles. The van der Waals surface area contributed by atoms with Crippen LogP contribution in [0.3, 0.4) is 0 Å². The van der Waals surface area contributed by atoms with Crippen molar-refractivity contribution in [2.24, 2.45) is 0 Å². The first kappa shape index (κ1) is 20.9. The van der Waals surface area contributed by atoms with E-state index < -0.39 is 40.6 Å². The number of methoxy groups -OCH3 is 1. The normalized spacial score (nSPS) is 15.3. The van der Waals surface area contributed by atoms with Crippen molar-refractivity contribution in [1.29, 1.82) is 0 Å². The summed E-state index contributed by atoms with van der Waals surface area (Å²) in [4.78, 5) is 0. The number of ether oxygens (including phenoxy) is 1. The molecule has 1 N–H and O–H groups in total. The van der Waals surface area contributed by atoms with Gasteiger partial charge in [-0.25, -0.2) is 0 Å². The van der Waals surface area contributed by atoms with E-state index >= 15 is 0 Å². The summed E-state index contributed by atoms with van der Waals surface area (Å²) in [5, 5.41) is 10.5. The molecule has 0 aliphatic carbocycles. The second kappa shape index (κ2) is 6.66. The standard InChI is InChI=1S/C17H12F8O2/c1-27-11-8-6-10(7-9-11)14(26,16(21,22)17(23,24)25)12-4-2-3-5-13(12)15(18,19)20/h2-9,26H,1H3. The molecule has 0 heterocycles. The fourth-order valence-electron chi connectivity index (χ4n) is 2.59. The van der Waals surface area contributed by atoms with E-state index in [9.17, 15) is 40.2 Å². The van der Waals surface area contributed by atoms with Crippen LogP contribution in [0.4, 0.5) is 35.1 Å². The minimum atomic E-state index is -6.33. The Hall–Kier alpha value is -2.36. The van der Waals surface area contributed by atoms with Crippen LogP contribution in [0.2, 0.25) is 0 Å². The topological polar surface area (TPSA) is 29.5 Å². The number of rotatable bonds is 4. The highest BCUT2D eigenvalue weighted by Gasteiger charge is 2.72. The van der Waals surface area contributed by atoms with Crippen LogP contribution in [-0.2, 0) is 11.8 Å². The monoisotopic (exact) mass is 400 g/mol. The molecule has 10 heteroatoms. The molecule has 1 atom stereocenters. The van der Waals surface area contributed by atoms with Crippen LogP contribution in [0.5, 0.6) is 5.75 Å². The molecule has 0 radical (unpaired) electrons. The van der Waals surface area contributed by atoms with Crippen molar-refractivity contribution < 1.29 is 45.0 Å². The zero-order valence-electron chi connectivity index (χ0n) is 13.5. The van der Waals surface area contributed by atoms with Gasteiger partial charge in [-0.3, -0.25) is 0 Å². The molecule has 0 saturated heterocycles. The van der Waals surface area contributed by atoms with Gasteiger partial charge in [-0.05, 0) is 23.8 Å². The van der Waals surface area contributed by atoms with Crippen molar-refractivity contribution in [2.75, 3.05) is 7.11 Å². The van der Waals surface area contributed by atoms with Crippen LogP contribution >= 0.6 is 0 Å². The zero-order valence-corrected chi connectivity index (χ0v) is 13.5. The maximum Gasteiger partial charge on any atom is 0.457 e. The van der Waals surface area contributed by atoms with Gasteiger partial charge in [0, 0.05) is 5.56 Å². The van der Waals surface area contributed by atoms with E-state index in [0.717, 1.165) is 24.3 Å². The zero-order chi connectivity index (χ0) is 20.7. The number of hydrogen-bond acceptors (Lipinski definition) is 2. The van der Waals surface area contributed by atoms with Crippen LogP contribution in [0.1, 0.15) is 16.7 Å². The van der Waals surface area contributed by atoms with Gasteiger partial charge in [0.25, 0.3) is 0 Å². The van der Waals surface area contributed by atoms with Crippen molar-refractivity contribution in [2.45, 2.75) is 23.9 Å². The number of halogens is 8. The SMILES string of the molecule is COc1ccc(C(O)(c2ccccc2C(F)(F)F)C(F)(F)C(F)(F)F)cc1. The van der Waals surface area contributed by atoms with Gasteiger partial charge in [-0.15, -0.1) is 0 Å². The maximum atomic E-state index is 14.3. The second-order valence-corrected chi connectivity index (χ2v) is 5.55. The van der Waals surface area contributed by atoms with E-state index in [0.29, 0.717) is 24.3 Å². The molecule has 0 bridgehead atoms. The quantitative estimate of drug-likeness (QED) is 0.720. The lowest BCUT2D eigenvalue weighted by atomic mass is 9.78. The third-order valence-corrected chi connectivity index (χ3v) is 3.94. The first-order valence-electron chi connectivity index (χ1n) is 7.25. The molecule has 148 valence electrons. The van der Waals surface area contributed by atoms with Gasteiger partial charge in [-0.2, -0.15) is 35.1 Å². The van der Waals surface area contributed by atoms with E-state index in [1.807, 2.05) is 0 Å². The Morgan fingerprint density at radius 2 is 1.22 bits per heavy atom. The van der Waals surface area contributed by atoms with E-state index in [1.54, 1.807) is 0 Å². The highest BCUT2D eigenvalue weighted by molar-refractivity contribution is 5.46. The van der Waals surface area contributed by atoms with E-state index in [1.165, 1.54) is 7.11 Å².